The number of nitriles is 2. The van der Waals surface area contributed by atoms with E-state index < -0.39 is 10.7 Å². The van der Waals surface area contributed by atoms with Crippen molar-refractivity contribution in [3.05, 3.63) is 69.1 Å². The monoisotopic (exact) mass is 358 g/mol. The molecule has 9 heteroatoms. The largest absolute Gasteiger partial charge is 0.457 e. The lowest BCUT2D eigenvalue weighted by Crippen LogP contribution is -1.95. The van der Waals surface area contributed by atoms with E-state index in [4.69, 9.17) is 26.9 Å². The minimum atomic E-state index is -0.630. The molecule has 2 aromatic carbocycles. The fourth-order valence-corrected chi connectivity index (χ4v) is 1.92. The molecule has 0 saturated heterocycles. The molecule has 7 nitrogen and oxygen atoms in total. The number of nitro benzene ring substituents is 1. The highest BCUT2D eigenvalue weighted by Gasteiger charge is 2.12. The summed E-state index contributed by atoms with van der Waals surface area (Å²) in [6.45, 7) is 0. The van der Waals surface area contributed by atoms with Crippen molar-refractivity contribution in [2.24, 2.45) is 0 Å². The van der Waals surface area contributed by atoms with Gasteiger partial charge in [-0.1, -0.05) is 11.6 Å². The van der Waals surface area contributed by atoms with Crippen LogP contribution in [-0.4, -0.2) is 4.92 Å². The van der Waals surface area contributed by atoms with Crippen LogP contribution in [0.1, 0.15) is 0 Å². The van der Waals surface area contributed by atoms with E-state index in [0.29, 0.717) is 0 Å². The first kappa shape index (κ1) is 17.7. The number of halogens is 2. The Kier molecular flexibility index (Phi) is 5.51. The maximum Gasteiger partial charge on any atom is 0.275 e. The van der Waals surface area contributed by atoms with Crippen LogP contribution in [0.2, 0.25) is 5.02 Å². The first-order valence-corrected chi connectivity index (χ1v) is 7.00. The Labute approximate surface area is 146 Å². The van der Waals surface area contributed by atoms with Gasteiger partial charge in [-0.05, 0) is 12.1 Å². The highest BCUT2D eigenvalue weighted by molar-refractivity contribution is 6.30. The molecule has 0 bridgehead atoms. The van der Waals surface area contributed by atoms with Crippen molar-refractivity contribution in [1.82, 2.24) is 0 Å². The van der Waals surface area contributed by atoms with Gasteiger partial charge in [0.2, 0.25) is 0 Å². The van der Waals surface area contributed by atoms with E-state index in [1.165, 1.54) is 30.3 Å². The predicted octanol–water partition coefficient (Wildman–Crippen LogP) is 4.52. The Bertz CT molecular complexity index is 931. The highest BCUT2D eigenvalue weighted by atomic mass is 35.5. The minimum Gasteiger partial charge on any atom is -0.457 e. The standard InChI is InChI=1S/C16H8ClFN4O3/c17-15-6-13(1-2-16(15)18)25-14-4-11(3-12(5-14)22(23)24)21-9-10(7-19)8-20/h1-6,9,21H. The zero-order valence-corrected chi connectivity index (χ0v) is 13.1. The molecule has 0 saturated carbocycles. The van der Waals surface area contributed by atoms with Gasteiger partial charge in [0.25, 0.3) is 5.69 Å². The minimum absolute atomic E-state index is 0.0863. The number of nitrogens with one attached hydrogen (secondary N) is 1. The number of nitro groups is 1. The van der Waals surface area contributed by atoms with Crippen LogP contribution >= 0.6 is 11.6 Å². The molecule has 0 heterocycles. The number of benzene rings is 2. The summed E-state index contributed by atoms with van der Waals surface area (Å²) in [6.07, 6.45) is 1.11. The molecule has 0 atom stereocenters. The number of hydrogen-bond acceptors (Lipinski definition) is 6. The number of anilines is 1. The van der Waals surface area contributed by atoms with Crippen LogP contribution in [0.3, 0.4) is 0 Å². The second-order valence-corrected chi connectivity index (χ2v) is 4.98. The molecule has 1 N–H and O–H groups in total. The van der Waals surface area contributed by atoms with E-state index in [0.717, 1.165) is 12.3 Å². The molecule has 0 aliphatic rings. The third kappa shape index (κ3) is 4.67. The van der Waals surface area contributed by atoms with Crippen LogP contribution in [0.5, 0.6) is 11.5 Å². The average molecular weight is 359 g/mol. The van der Waals surface area contributed by atoms with Gasteiger partial charge < -0.3 is 10.1 Å². The van der Waals surface area contributed by atoms with Crippen molar-refractivity contribution in [2.75, 3.05) is 5.32 Å². The Morgan fingerprint density at radius 1 is 1.24 bits per heavy atom. The van der Waals surface area contributed by atoms with E-state index in [-0.39, 0.29) is 33.5 Å². The lowest BCUT2D eigenvalue weighted by molar-refractivity contribution is -0.384. The summed E-state index contributed by atoms with van der Waals surface area (Å²) in [6, 6.07) is 10.7. The van der Waals surface area contributed by atoms with Crippen LogP contribution < -0.4 is 10.1 Å². The van der Waals surface area contributed by atoms with Crippen LogP contribution in [-0.2, 0) is 0 Å². The molecule has 0 spiro atoms. The fraction of sp³-hybridized carbons (Fsp3) is 0. The third-order valence-electron chi connectivity index (χ3n) is 2.85. The van der Waals surface area contributed by atoms with Crippen LogP contribution in [0.4, 0.5) is 15.8 Å². The lowest BCUT2D eigenvalue weighted by Gasteiger charge is -2.09. The van der Waals surface area contributed by atoms with Crippen molar-refractivity contribution in [2.45, 2.75) is 0 Å². The van der Waals surface area contributed by atoms with E-state index in [9.17, 15) is 14.5 Å². The van der Waals surface area contributed by atoms with Crippen LogP contribution in [0, 0.1) is 38.6 Å². The molecule has 2 aromatic rings. The summed E-state index contributed by atoms with van der Waals surface area (Å²) in [4.78, 5) is 10.4. The Hall–Kier alpha value is -3.62. The van der Waals surface area contributed by atoms with Gasteiger partial charge in [-0.3, -0.25) is 10.1 Å². The highest BCUT2D eigenvalue weighted by Crippen LogP contribution is 2.31. The Morgan fingerprint density at radius 2 is 1.96 bits per heavy atom. The zero-order chi connectivity index (χ0) is 18.4. The van der Waals surface area contributed by atoms with Crippen molar-refractivity contribution < 1.29 is 14.1 Å². The maximum atomic E-state index is 13.2. The van der Waals surface area contributed by atoms with Gasteiger partial charge in [0.15, 0.2) is 0 Å². The normalized spacial score (nSPS) is 9.44. The molecule has 0 aromatic heterocycles. The maximum absolute atomic E-state index is 13.2. The SMILES string of the molecule is N#CC(C#N)=CNc1cc(Oc2ccc(F)c(Cl)c2)cc([N+](=O)[O-])c1. The molecule has 0 fully saturated rings. The van der Waals surface area contributed by atoms with E-state index in [1.807, 2.05) is 0 Å². The van der Waals surface area contributed by atoms with Crippen molar-refractivity contribution in [3.8, 4) is 23.6 Å². The molecule has 25 heavy (non-hydrogen) atoms. The molecular formula is C16H8ClFN4O3. The molecule has 0 radical (unpaired) electrons. The van der Waals surface area contributed by atoms with Gasteiger partial charge >= 0.3 is 0 Å². The summed E-state index contributed by atoms with van der Waals surface area (Å²) in [5, 5.41) is 30.9. The van der Waals surface area contributed by atoms with Gasteiger partial charge in [-0.25, -0.2) is 4.39 Å². The first-order valence-electron chi connectivity index (χ1n) is 6.62. The summed E-state index contributed by atoms with van der Waals surface area (Å²) in [5.74, 6) is -0.354. The molecule has 0 unspecified atom stereocenters. The second kappa shape index (κ2) is 7.77. The van der Waals surface area contributed by atoms with Gasteiger partial charge in [0.1, 0.15) is 35.0 Å². The van der Waals surface area contributed by atoms with Crippen molar-refractivity contribution in [1.29, 1.82) is 10.5 Å². The van der Waals surface area contributed by atoms with Crippen LogP contribution in [0.15, 0.2) is 48.2 Å². The van der Waals surface area contributed by atoms with E-state index in [2.05, 4.69) is 5.32 Å². The number of allylic oxidation sites excluding steroid dienone is 1. The van der Waals surface area contributed by atoms with Gasteiger partial charge in [-0.15, -0.1) is 0 Å². The van der Waals surface area contributed by atoms with Gasteiger partial charge in [0.05, 0.1) is 16.0 Å². The zero-order valence-electron chi connectivity index (χ0n) is 12.4. The summed E-state index contributed by atoms with van der Waals surface area (Å²) < 4.78 is 18.6. The molecule has 0 amide bonds. The summed E-state index contributed by atoms with van der Waals surface area (Å²) >= 11 is 5.66. The smallest absolute Gasteiger partial charge is 0.275 e. The average Bonchev–Trinajstić information content (AvgIpc) is 2.59. The molecule has 2 rings (SSSR count). The van der Waals surface area contributed by atoms with Gasteiger partial charge in [-0.2, -0.15) is 10.5 Å². The number of non-ortho nitro benzene ring substituents is 1. The molecule has 124 valence electrons. The summed E-state index contributed by atoms with van der Waals surface area (Å²) in [7, 11) is 0. The van der Waals surface area contributed by atoms with E-state index >= 15 is 0 Å². The number of nitrogens with zero attached hydrogens (tertiary/aromatic N) is 3. The number of ether oxygens (including phenoxy) is 1. The summed E-state index contributed by atoms with van der Waals surface area (Å²) in [5.41, 5.74) is -0.267. The Morgan fingerprint density at radius 3 is 2.56 bits per heavy atom. The first-order chi connectivity index (χ1) is 11.9. The molecular weight excluding hydrogens is 351 g/mol. The third-order valence-corrected chi connectivity index (χ3v) is 3.14. The number of rotatable bonds is 5. The second-order valence-electron chi connectivity index (χ2n) is 4.58. The van der Waals surface area contributed by atoms with Crippen molar-refractivity contribution in [3.63, 3.8) is 0 Å². The van der Waals surface area contributed by atoms with Gasteiger partial charge in [0, 0.05) is 30.1 Å². The fourth-order valence-electron chi connectivity index (χ4n) is 1.75. The van der Waals surface area contributed by atoms with Crippen LogP contribution in [0.25, 0.3) is 0 Å². The quantitative estimate of drug-likeness (QED) is 0.477. The lowest BCUT2D eigenvalue weighted by atomic mass is 10.2. The topological polar surface area (TPSA) is 112 Å². The molecule has 0 aliphatic carbocycles. The predicted molar refractivity (Wildman–Crippen MR) is 87.5 cm³/mol. The Balaban J connectivity index is 2.35. The number of hydrogen-bond donors (Lipinski definition) is 1. The van der Waals surface area contributed by atoms with Crippen molar-refractivity contribution >= 4 is 23.0 Å². The van der Waals surface area contributed by atoms with E-state index in [1.54, 1.807) is 12.1 Å². The molecule has 0 aliphatic heterocycles.